The van der Waals surface area contributed by atoms with Crippen LogP contribution in [0.4, 0.5) is 0 Å². The zero-order chi connectivity index (χ0) is 9.40. The van der Waals surface area contributed by atoms with Crippen LogP contribution >= 0.6 is 0 Å². The average Bonchev–Trinajstić information content (AvgIpc) is 2.03. The van der Waals surface area contributed by atoms with Crippen molar-refractivity contribution in [1.82, 2.24) is 5.32 Å². The first kappa shape index (κ1) is 11.4. The van der Waals surface area contributed by atoms with E-state index in [1.165, 1.54) is 0 Å². The normalized spacial score (nSPS) is 12.8. The molecule has 0 aliphatic carbocycles. The van der Waals surface area contributed by atoms with E-state index in [0.29, 0.717) is 13.2 Å². The average molecular weight is 175 g/mol. The highest BCUT2D eigenvalue weighted by molar-refractivity contribution is 5.72. The number of ether oxygens (including phenoxy) is 1. The summed E-state index contributed by atoms with van der Waals surface area (Å²) >= 11 is 0. The molecular formula is C8H17NO3. The summed E-state index contributed by atoms with van der Waals surface area (Å²) in [6.45, 7) is 5.55. The topological polar surface area (TPSA) is 58.6 Å². The molecule has 4 nitrogen and oxygen atoms in total. The molecule has 0 saturated carbocycles. The van der Waals surface area contributed by atoms with Crippen LogP contribution in [0.3, 0.4) is 0 Å². The second-order valence-electron chi connectivity index (χ2n) is 2.63. The molecule has 12 heavy (non-hydrogen) atoms. The number of carboxylic acids is 1. The van der Waals surface area contributed by atoms with Gasteiger partial charge in [0.25, 0.3) is 0 Å². The minimum absolute atomic E-state index is 0.491. The second kappa shape index (κ2) is 7.06. The molecular weight excluding hydrogens is 158 g/mol. The smallest absolute Gasteiger partial charge is 0.320 e. The molecule has 0 aliphatic rings. The lowest BCUT2D eigenvalue weighted by atomic mass is 10.3. The standard InChI is InChI=1S/C8H17NO3/c1-3-5-12-6-4-9-7(2)8(10)11/h7,9H,3-6H2,1-2H3,(H,10,11)/t7-/m0/s1. The largest absolute Gasteiger partial charge is 0.480 e. The minimum Gasteiger partial charge on any atom is -0.480 e. The lowest BCUT2D eigenvalue weighted by Gasteiger charge is -2.08. The fraction of sp³-hybridized carbons (Fsp3) is 0.875. The third-order valence-corrected chi connectivity index (χ3v) is 1.42. The summed E-state index contributed by atoms with van der Waals surface area (Å²) in [6, 6.07) is -0.491. The summed E-state index contributed by atoms with van der Waals surface area (Å²) in [6.07, 6.45) is 0.995. The van der Waals surface area contributed by atoms with Gasteiger partial charge >= 0.3 is 5.97 Å². The van der Waals surface area contributed by atoms with Gasteiger partial charge in [0.15, 0.2) is 0 Å². The van der Waals surface area contributed by atoms with Gasteiger partial charge in [0.2, 0.25) is 0 Å². The molecule has 0 rings (SSSR count). The van der Waals surface area contributed by atoms with Gasteiger partial charge in [-0.3, -0.25) is 4.79 Å². The number of carboxylic acid groups (broad SMARTS) is 1. The first-order valence-electron chi connectivity index (χ1n) is 4.22. The Kier molecular flexibility index (Phi) is 6.70. The third-order valence-electron chi connectivity index (χ3n) is 1.42. The van der Waals surface area contributed by atoms with Gasteiger partial charge in [-0.25, -0.2) is 0 Å². The molecule has 72 valence electrons. The van der Waals surface area contributed by atoms with Crippen LogP contribution in [0.25, 0.3) is 0 Å². The van der Waals surface area contributed by atoms with Crippen LogP contribution in [0.1, 0.15) is 20.3 Å². The highest BCUT2D eigenvalue weighted by Crippen LogP contribution is 1.82. The van der Waals surface area contributed by atoms with E-state index in [9.17, 15) is 4.79 Å². The second-order valence-corrected chi connectivity index (χ2v) is 2.63. The van der Waals surface area contributed by atoms with Crippen LogP contribution in [-0.4, -0.2) is 36.9 Å². The Morgan fingerprint density at radius 2 is 2.25 bits per heavy atom. The summed E-state index contributed by atoms with van der Waals surface area (Å²) < 4.78 is 5.16. The molecule has 0 heterocycles. The Balaban J connectivity index is 3.14. The van der Waals surface area contributed by atoms with E-state index in [4.69, 9.17) is 9.84 Å². The summed E-state index contributed by atoms with van der Waals surface area (Å²) in [4.78, 5) is 10.3. The molecule has 0 aliphatic heterocycles. The van der Waals surface area contributed by atoms with Gasteiger partial charge in [-0.1, -0.05) is 6.92 Å². The number of hydrogen-bond donors (Lipinski definition) is 2. The molecule has 0 spiro atoms. The Morgan fingerprint density at radius 1 is 1.58 bits per heavy atom. The van der Waals surface area contributed by atoms with Crippen LogP contribution in [0.2, 0.25) is 0 Å². The highest BCUT2D eigenvalue weighted by Gasteiger charge is 2.07. The van der Waals surface area contributed by atoms with Crippen molar-refractivity contribution >= 4 is 5.97 Å². The molecule has 0 aromatic carbocycles. The van der Waals surface area contributed by atoms with Crippen LogP contribution in [0, 0.1) is 0 Å². The van der Waals surface area contributed by atoms with Crippen molar-refractivity contribution in [1.29, 1.82) is 0 Å². The summed E-state index contributed by atoms with van der Waals surface area (Å²) in [7, 11) is 0. The number of carbonyl (C=O) groups is 1. The summed E-state index contributed by atoms with van der Waals surface area (Å²) in [5.41, 5.74) is 0. The van der Waals surface area contributed by atoms with Gasteiger partial charge in [-0.2, -0.15) is 0 Å². The van der Waals surface area contributed by atoms with Gasteiger partial charge in [-0.15, -0.1) is 0 Å². The van der Waals surface area contributed by atoms with Crippen LogP contribution < -0.4 is 5.32 Å². The minimum atomic E-state index is -0.828. The van der Waals surface area contributed by atoms with Gasteiger partial charge in [-0.05, 0) is 13.3 Å². The Labute approximate surface area is 72.9 Å². The maximum atomic E-state index is 10.3. The molecule has 0 aromatic rings. The van der Waals surface area contributed by atoms with Crippen molar-refractivity contribution in [2.45, 2.75) is 26.3 Å². The number of rotatable bonds is 7. The fourth-order valence-electron chi connectivity index (χ4n) is 0.681. The van der Waals surface area contributed by atoms with Crippen molar-refractivity contribution < 1.29 is 14.6 Å². The zero-order valence-corrected chi connectivity index (χ0v) is 7.67. The van der Waals surface area contributed by atoms with E-state index in [0.717, 1.165) is 13.0 Å². The number of hydrogen-bond acceptors (Lipinski definition) is 3. The maximum Gasteiger partial charge on any atom is 0.320 e. The molecule has 0 saturated heterocycles. The van der Waals surface area contributed by atoms with E-state index in [-0.39, 0.29) is 0 Å². The Hall–Kier alpha value is -0.610. The molecule has 0 radical (unpaired) electrons. The van der Waals surface area contributed by atoms with Crippen molar-refractivity contribution in [3.05, 3.63) is 0 Å². The molecule has 2 N–H and O–H groups in total. The summed E-state index contributed by atoms with van der Waals surface area (Å²) in [5, 5.41) is 11.3. The molecule has 0 bridgehead atoms. The van der Waals surface area contributed by atoms with Crippen molar-refractivity contribution in [2.24, 2.45) is 0 Å². The Bertz CT molecular complexity index is 127. The molecule has 4 heteroatoms. The molecule has 0 unspecified atom stereocenters. The van der Waals surface area contributed by atoms with E-state index in [1.807, 2.05) is 6.92 Å². The molecule has 1 atom stereocenters. The van der Waals surface area contributed by atoms with Crippen molar-refractivity contribution in [3.63, 3.8) is 0 Å². The van der Waals surface area contributed by atoms with E-state index in [2.05, 4.69) is 5.32 Å². The highest BCUT2D eigenvalue weighted by atomic mass is 16.5. The zero-order valence-electron chi connectivity index (χ0n) is 7.67. The van der Waals surface area contributed by atoms with E-state index in [1.54, 1.807) is 6.92 Å². The molecule has 0 aromatic heterocycles. The number of aliphatic carboxylic acids is 1. The monoisotopic (exact) mass is 175 g/mol. The van der Waals surface area contributed by atoms with E-state index >= 15 is 0 Å². The molecule has 0 fully saturated rings. The van der Waals surface area contributed by atoms with Gasteiger partial charge in [0, 0.05) is 13.2 Å². The predicted molar refractivity (Wildman–Crippen MR) is 46.2 cm³/mol. The first-order valence-corrected chi connectivity index (χ1v) is 4.22. The van der Waals surface area contributed by atoms with Crippen LogP contribution in [-0.2, 0) is 9.53 Å². The van der Waals surface area contributed by atoms with E-state index < -0.39 is 12.0 Å². The van der Waals surface area contributed by atoms with Crippen LogP contribution in [0.5, 0.6) is 0 Å². The van der Waals surface area contributed by atoms with Crippen molar-refractivity contribution in [2.75, 3.05) is 19.8 Å². The maximum absolute atomic E-state index is 10.3. The van der Waals surface area contributed by atoms with Crippen LogP contribution in [0.15, 0.2) is 0 Å². The quantitative estimate of drug-likeness (QED) is 0.552. The van der Waals surface area contributed by atoms with Gasteiger partial charge in [0.05, 0.1) is 6.61 Å². The predicted octanol–water partition coefficient (Wildman–Crippen LogP) is 0.476. The first-order chi connectivity index (χ1) is 5.68. The lowest BCUT2D eigenvalue weighted by Crippen LogP contribution is -2.35. The lowest BCUT2D eigenvalue weighted by molar-refractivity contribution is -0.139. The Morgan fingerprint density at radius 3 is 2.75 bits per heavy atom. The van der Waals surface area contributed by atoms with Gasteiger partial charge < -0.3 is 15.2 Å². The third kappa shape index (κ3) is 6.12. The van der Waals surface area contributed by atoms with Gasteiger partial charge in [0.1, 0.15) is 6.04 Å². The van der Waals surface area contributed by atoms with Crippen molar-refractivity contribution in [3.8, 4) is 0 Å². The summed E-state index contributed by atoms with van der Waals surface area (Å²) in [5.74, 6) is -0.828. The SMILES string of the molecule is CCCOCCN[C@@H](C)C(=O)O. The molecule has 0 amide bonds. The fourth-order valence-corrected chi connectivity index (χ4v) is 0.681. The number of nitrogens with one attached hydrogen (secondary N) is 1.